The lowest BCUT2D eigenvalue weighted by atomic mass is 9.92. The Morgan fingerprint density at radius 1 is 1.21 bits per heavy atom. The van der Waals surface area contributed by atoms with Crippen molar-refractivity contribution < 1.29 is 24.5 Å². The maximum absolute atomic E-state index is 13.8. The van der Waals surface area contributed by atoms with Gasteiger partial charge in [0.2, 0.25) is 0 Å². The molecule has 1 aliphatic heterocycles. The Morgan fingerprint density at radius 2 is 2.07 bits per heavy atom. The Kier molecular flexibility index (Phi) is 7.63. The third-order valence-electron chi connectivity index (χ3n) is 7.55. The van der Waals surface area contributed by atoms with Crippen LogP contribution in [-0.2, 0) is 17.7 Å². The predicted octanol–water partition coefficient (Wildman–Crippen LogP) is 3.74. The lowest BCUT2D eigenvalue weighted by Crippen LogP contribution is -2.30. The molecule has 5 aromatic rings. The number of H-pyrrole nitrogens is 1. The van der Waals surface area contributed by atoms with Gasteiger partial charge in [0.05, 0.1) is 38.2 Å². The van der Waals surface area contributed by atoms with Gasteiger partial charge in [-0.15, -0.1) is 16.7 Å². The molecular weight excluding hydrogens is 560 g/mol. The second-order valence-corrected chi connectivity index (χ2v) is 10.7. The molecule has 0 unspecified atom stereocenters. The molecule has 1 aliphatic rings. The van der Waals surface area contributed by atoms with E-state index in [1.54, 1.807) is 29.4 Å². The topological polar surface area (TPSA) is 146 Å². The Labute approximate surface area is 245 Å². The quantitative estimate of drug-likeness (QED) is 0.127. The van der Waals surface area contributed by atoms with E-state index in [9.17, 15) is 14.7 Å². The highest BCUT2D eigenvalue weighted by atomic mass is 35.5. The number of rotatable bonds is 10. The molecular formula is C30H29ClN6O5. The van der Waals surface area contributed by atoms with Gasteiger partial charge >= 0.3 is 0 Å². The van der Waals surface area contributed by atoms with Gasteiger partial charge in [0, 0.05) is 47.8 Å². The summed E-state index contributed by atoms with van der Waals surface area (Å²) in [6.07, 6.45) is 3.23. The van der Waals surface area contributed by atoms with Crippen molar-refractivity contribution in [2.75, 3.05) is 37.1 Å². The fourth-order valence-electron chi connectivity index (χ4n) is 5.57. The number of nitrogens with zero attached hydrogens (tertiary/aromatic N) is 5. The van der Waals surface area contributed by atoms with Crippen molar-refractivity contribution in [1.29, 1.82) is 0 Å². The molecule has 42 heavy (non-hydrogen) atoms. The van der Waals surface area contributed by atoms with Crippen molar-refractivity contribution in [3.8, 4) is 5.75 Å². The second kappa shape index (κ2) is 11.5. The molecule has 11 nitrogen and oxygen atoms in total. The van der Waals surface area contributed by atoms with E-state index in [-0.39, 0.29) is 48.7 Å². The Morgan fingerprint density at radius 3 is 2.88 bits per heavy atom. The van der Waals surface area contributed by atoms with Crippen LogP contribution < -0.4 is 4.90 Å². The number of aryl methyl sites for hydroxylation is 1. The maximum Gasteiger partial charge on any atom is 0.274 e. The number of nitrogens with one attached hydrogen (secondary N) is 1. The van der Waals surface area contributed by atoms with Crippen LogP contribution in [0.1, 0.15) is 43.6 Å². The summed E-state index contributed by atoms with van der Waals surface area (Å²) in [4.78, 5) is 35.8. The van der Waals surface area contributed by atoms with Gasteiger partial charge in [-0.25, -0.2) is 9.67 Å². The zero-order valence-electron chi connectivity index (χ0n) is 22.9. The van der Waals surface area contributed by atoms with Crippen LogP contribution in [0.15, 0.2) is 48.8 Å². The number of aromatic amines is 1. The molecule has 0 spiro atoms. The summed E-state index contributed by atoms with van der Waals surface area (Å²) in [6.45, 7) is 3.32. The van der Waals surface area contributed by atoms with Gasteiger partial charge in [-0.1, -0.05) is 23.4 Å². The normalized spacial score (nSPS) is 14.6. The largest absolute Gasteiger partial charge is 0.507 e. The molecule has 12 heteroatoms. The number of pyridine rings is 1. The first kappa shape index (κ1) is 27.8. The molecule has 0 radical (unpaired) electrons. The number of hydrogen-bond donors (Lipinski definition) is 3. The first-order valence-electron chi connectivity index (χ1n) is 13.6. The number of ketones is 1. The van der Waals surface area contributed by atoms with Crippen molar-refractivity contribution >= 4 is 50.8 Å². The van der Waals surface area contributed by atoms with Crippen molar-refractivity contribution in [1.82, 2.24) is 25.0 Å². The highest BCUT2D eigenvalue weighted by molar-refractivity contribution is 6.19. The monoisotopic (exact) mass is 588 g/mol. The molecule has 0 fully saturated rings. The van der Waals surface area contributed by atoms with Crippen molar-refractivity contribution in [2.24, 2.45) is 0 Å². The van der Waals surface area contributed by atoms with Crippen LogP contribution in [0.3, 0.4) is 0 Å². The summed E-state index contributed by atoms with van der Waals surface area (Å²) in [5, 5.41) is 29.9. The minimum absolute atomic E-state index is 0.0569. The number of aromatic nitrogens is 5. The van der Waals surface area contributed by atoms with Crippen molar-refractivity contribution in [3.05, 3.63) is 76.9 Å². The van der Waals surface area contributed by atoms with Gasteiger partial charge in [-0.2, -0.15) is 0 Å². The van der Waals surface area contributed by atoms with Gasteiger partial charge in [0.25, 0.3) is 5.91 Å². The van der Waals surface area contributed by atoms with E-state index in [2.05, 4.69) is 20.3 Å². The minimum atomic E-state index is -0.258. The zero-order chi connectivity index (χ0) is 29.4. The number of halogens is 1. The molecule has 6 rings (SSSR count). The van der Waals surface area contributed by atoms with E-state index < -0.39 is 0 Å². The molecule has 0 bridgehead atoms. The number of aromatic hydroxyl groups is 1. The number of aliphatic hydroxyl groups is 1. The van der Waals surface area contributed by atoms with E-state index in [0.29, 0.717) is 53.6 Å². The fourth-order valence-corrected chi connectivity index (χ4v) is 5.82. The van der Waals surface area contributed by atoms with Gasteiger partial charge in [0.15, 0.2) is 5.78 Å². The number of benzene rings is 2. The fraction of sp³-hybridized carbons (Fsp3) is 0.300. The molecule has 4 heterocycles. The molecule has 0 saturated heterocycles. The van der Waals surface area contributed by atoms with Gasteiger partial charge in [0.1, 0.15) is 22.8 Å². The van der Waals surface area contributed by atoms with Crippen LogP contribution in [0.2, 0.25) is 0 Å². The Balaban J connectivity index is 1.22. The van der Waals surface area contributed by atoms with Crippen LogP contribution in [-0.4, -0.2) is 79.1 Å². The summed E-state index contributed by atoms with van der Waals surface area (Å²) >= 11 is 6.38. The number of carbonyl (C=O) groups is 2. The van der Waals surface area contributed by atoms with Crippen molar-refractivity contribution in [2.45, 2.75) is 25.8 Å². The summed E-state index contributed by atoms with van der Waals surface area (Å²) in [7, 11) is 0. The third kappa shape index (κ3) is 5.11. The standard InChI is InChI=1S/C30H29ClN6O5/c1-17-3-2-4-21-25(39)12-24-28(27(17)21)20(13-31)15-37(24)30(41)22-11-19-9-18(14-32-29(19)33-22)10-26(40)23-16-36(35-34-23)5-7-42-8-6-38/h2-4,9,11-12,14,16,20,38-39H,5-8,10,13,15H2,1H3,(H,32,33)/t20-/m1/s1. The van der Waals surface area contributed by atoms with Gasteiger partial charge in [-0.05, 0) is 41.1 Å². The average Bonchev–Trinajstić information content (AvgIpc) is 3.72. The Hall–Kier alpha value is -4.32. The molecule has 0 aliphatic carbocycles. The number of amides is 1. The second-order valence-electron chi connectivity index (χ2n) is 10.4. The van der Waals surface area contributed by atoms with E-state index in [0.717, 1.165) is 21.9 Å². The molecule has 216 valence electrons. The van der Waals surface area contributed by atoms with Crippen LogP contribution in [0.25, 0.3) is 21.8 Å². The SMILES string of the molecule is Cc1cccc2c(O)cc3c(c12)[C@H](CCl)CN3C(=O)c1cc2cc(CC(=O)c3cn(CCOCCO)nn3)cnc2[nH]1. The number of Topliss-reactive ketones (excluding diaryl/α,β-unsaturated/α-hetero) is 1. The number of aliphatic hydroxyl groups excluding tert-OH is 1. The van der Waals surface area contributed by atoms with Crippen LogP contribution in [0, 0.1) is 6.92 Å². The number of carbonyl (C=O) groups excluding carboxylic acids is 2. The predicted molar refractivity (Wildman–Crippen MR) is 158 cm³/mol. The molecule has 1 amide bonds. The van der Waals surface area contributed by atoms with E-state index >= 15 is 0 Å². The molecule has 3 N–H and O–H groups in total. The highest BCUT2D eigenvalue weighted by Crippen LogP contribution is 2.46. The zero-order valence-corrected chi connectivity index (χ0v) is 23.6. The van der Waals surface area contributed by atoms with E-state index in [4.69, 9.17) is 21.4 Å². The average molecular weight is 589 g/mol. The van der Waals surface area contributed by atoms with Gasteiger partial charge in [-0.3, -0.25) is 9.59 Å². The lowest BCUT2D eigenvalue weighted by Gasteiger charge is -2.18. The minimum Gasteiger partial charge on any atom is -0.507 e. The summed E-state index contributed by atoms with van der Waals surface area (Å²) in [5.41, 5.74) is 4.40. The van der Waals surface area contributed by atoms with E-state index in [1.165, 1.54) is 4.68 Å². The smallest absolute Gasteiger partial charge is 0.274 e. The maximum atomic E-state index is 13.8. The molecule has 1 atom stereocenters. The lowest BCUT2D eigenvalue weighted by molar-refractivity contribution is 0.0851. The van der Waals surface area contributed by atoms with Crippen LogP contribution in [0.5, 0.6) is 5.75 Å². The highest BCUT2D eigenvalue weighted by Gasteiger charge is 2.36. The molecule has 2 aromatic carbocycles. The summed E-state index contributed by atoms with van der Waals surface area (Å²) < 4.78 is 6.74. The summed E-state index contributed by atoms with van der Waals surface area (Å²) in [5.74, 6) is -0.105. The summed E-state index contributed by atoms with van der Waals surface area (Å²) in [6, 6.07) is 11.0. The number of phenols is 1. The number of anilines is 1. The number of hydrogen-bond acceptors (Lipinski definition) is 8. The van der Waals surface area contributed by atoms with Crippen molar-refractivity contribution in [3.63, 3.8) is 0 Å². The number of ether oxygens (including phenoxy) is 1. The van der Waals surface area contributed by atoms with Crippen LogP contribution in [0.4, 0.5) is 5.69 Å². The van der Waals surface area contributed by atoms with Crippen LogP contribution >= 0.6 is 11.6 Å². The Bertz CT molecular complexity index is 1820. The van der Waals surface area contributed by atoms with E-state index in [1.807, 2.05) is 31.2 Å². The first-order valence-corrected chi connectivity index (χ1v) is 14.1. The number of alkyl halides is 1. The molecule has 3 aromatic heterocycles. The molecule has 0 saturated carbocycles. The first-order chi connectivity index (χ1) is 20.4. The third-order valence-corrected chi connectivity index (χ3v) is 7.92. The van der Waals surface area contributed by atoms with Gasteiger partial charge < -0.3 is 24.8 Å². The number of phenolic OH excluding ortho intramolecular Hbond substituents is 1. The number of fused-ring (bicyclic) bond motifs is 4.